The van der Waals surface area contributed by atoms with Crippen LogP contribution < -0.4 is 14.8 Å². The molecule has 0 fully saturated rings. The second-order valence-electron chi connectivity index (χ2n) is 4.78. The Labute approximate surface area is 118 Å². The second kappa shape index (κ2) is 5.80. The van der Waals surface area contributed by atoms with E-state index in [2.05, 4.69) is 5.32 Å². The average molecular weight is 284 g/mol. The van der Waals surface area contributed by atoms with Gasteiger partial charge in [0, 0.05) is 5.56 Å². The molecule has 2 rings (SSSR count). The smallest absolute Gasteiger partial charge is 0.180 e. The van der Waals surface area contributed by atoms with Crippen molar-refractivity contribution in [2.24, 2.45) is 0 Å². The van der Waals surface area contributed by atoms with Crippen LogP contribution in [0.25, 0.3) is 0 Å². The lowest BCUT2D eigenvalue weighted by Crippen LogP contribution is -2.22. The van der Waals surface area contributed by atoms with Crippen LogP contribution >= 0.6 is 11.6 Å². The van der Waals surface area contributed by atoms with Crippen LogP contribution in [0.1, 0.15) is 35.7 Å². The maximum Gasteiger partial charge on any atom is 0.180 e. The molecule has 1 aromatic carbocycles. The third kappa shape index (κ3) is 2.69. The molecule has 0 saturated heterocycles. The van der Waals surface area contributed by atoms with E-state index in [9.17, 15) is 4.79 Å². The van der Waals surface area contributed by atoms with Crippen molar-refractivity contribution in [3.63, 3.8) is 0 Å². The molecular weight excluding hydrogens is 266 g/mol. The Morgan fingerprint density at radius 1 is 1.42 bits per heavy atom. The van der Waals surface area contributed by atoms with Crippen LogP contribution in [-0.2, 0) is 0 Å². The van der Waals surface area contributed by atoms with Crippen LogP contribution in [0, 0.1) is 0 Å². The predicted molar refractivity (Wildman–Crippen MR) is 74.8 cm³/mol. The molecule has 104 valence electrons. The van der Waals surface area contributed by atoms with Crippen LogP contribution in [-0.4, -0.2) is 32.6 Å². The Kier molecular flexibility index (Phi) is 4.32. The number of hydrogen-bond donors (Lipinski definition) is 1. The Morgan fingerprint density at radius 3 is 2.74 bits per heavy atom. The third-order valence-corrected chi connectivity index (χ3v) is 3.40. The van der Waals surface area contributed by atoms with Gasteiger partial charge in [0.05, 0.1) is 11.6 Å². The number of fused-ring (bicyclic) bond motifs is 1. The summed E-state index contributed by atoms with van der Waals surface area (Å²) in [6.45, 7) is 5.24. The minimum atomic E-state index is 0.00470. The van der Waals surface area contributed by atoms with Crippen LogP contribution in [0.2, 0.25) is 5.02 Å². The number of carbonyl (C=O) groups excluding carboxylic acids is 1. The fourth-order valence-corrected chi connectivity index (χ4v) is 2.68. The first-order chi connectivity index (χ1) is 9.06. The number of ketones is 1. The number of carbonyl (C=O) groups is 1. The molecule has 1 aromatic rings. The molecule has 0 spiro atoms. The highest BCUT2D eigenvalue weighted by molar-refractivity contribution is 6.33. The number of hydrogen-bond acceptors (Lipinski definition) is 4. The molecule has 1 aliphatic heterocycles. The van der Waals surface area contributed by atoms with Crippen LogP contribution in [0.3, 0.4) is 0 Å². The zero-order valence-corrected chi connectivity index (χ0v) is 12.1. The monoisotopic (exact) mass is 283 g/mol. The van der Waals surface area contributed by atoms with E-state index in [1.54, 1.807) is 13.1 Å². The highest BCUT2D eigenvalue weighted by Crippen LogP contribution is 2.44. The van der Waals surface area contributed by atoms with Crippen molar-refractivity contribution in [1.29, 1.82) is 0 Å². The van der Waals surface area contributed by atoms with Gasteiger partial charge < -0.3 is 14.8 Å². The van der Waals surface area contributed by atoms with Crippen molar-refractivity contribution in [3.8, 4) is 11.5 Å². The van der Waals surface area contributed by atoms with E-state index in [1.165, 1.54) is 0 Å². The lowest BCUT2D eigenvalue weighted by atomic mass is 9.93. The second-order valence-corrected chi connectivity index (χ2v) is 5.16. The SMILES string of the molecule is CNCC(=O)c1cc2c(c(Cl)c1C(C)C)OCCO2. The third-order valence-electron chi connectivity index (χ3n) is 3.03. The van der Waals surface area contributed by atoms with E-state index in [4.69, 9.17) is 21.1 Å². The lowest BCUT2D eigenvalue weighted by Gasteiger charge is -2.24. The normalized spacial score (nSPS) is 13.7. The molecular formula is C14H18ClNO3. The summed E-state index contributed by atoms with van der Waals surface area (Å²) in [6, 6.07) is 1.75. The first-order valence-electron chi connectivity index (χ1n) is 6.36. The Balaban J connectivity index is 2.57. The van der Waals surface area contributed by atoms with E-state index in [0.717, 1.165) is 5.56 Å². The molecule has 4 nitrogen and oxygen atoms in total. The fraction of sp³-hybridized carbons (Fsp3) is 0.500. The zero-order valence-electron chi connectivity index (χ0n) is 11.4. The van der Waals surface area contributed by atoms with Gasteiger partial charge in [-0.15, -0.1) is 0 Å². The van der Waals surface area contributed by atoms with E-state index < -0.39 is 0 Å². The summed E-state index contributed by atoms with van der Waals surface area (Å²) in [4.78, 5) is 12.2. The van der Waals surface area contributed by atoms with Crippen molar-refractivity contribution in [3.05, 3.63) is 22.2 Å². The van der Waals surface area contributed by atoms with Crippen molar-refractivity contribution in [2.75, 3.05) is 26.8 Å². The van der Waals surface area contributed by atoms with Crippen LogP contribution in [0.15, 0.2) is 6.07 Å². The molecule has 0 bridgehead atoms. The number of rotatable bonds is 4. The molecule has 0 radical (unpaired) electrons. The van der Waals surface area contributed by atoms with Gasteiger partial charge in [0.1, 0.15) is 13.2 Å². The summed E-state index contributed by atoms with van der Waals surface area (Å²) >= 11 is 6.39. The quantitative estimate of drug-likeness (QED) is 0.863. The summed E-state index contributed by atoms with van der Waals surface area (Å²) < 4.78 is 11.1. The number of benzene rings is 1. The number of likely N-dealkylation sites (N-methyl/N-ethyl adjacent to an activating group) is 1. The molecule has 0 saturated carbocycles. The van der Waals surface area contributed by atoms with Crippen LogP contribution in [0.4, 0.5) is 0 Å². The average Bonchev–Trinajstić information content (AvgIpc) is 2.38. The molecule has 1 aliphatic rings. The van der Waals surface area contributed by atoms with Crippen LogP contribution in [0.5, 0.6) is 11.5 Å². The van der Waals surface area contributed by atoms with Crippen molar-refractivity contribution in [2.45, 2.75) is 19.8 Å². The van der Waals surface area contributed by atoms with E-state index in [-0.39, 0.29) is 18.2 Å². The van der Waals surface area contributed by atoms with Crippen molar-refractivity contribution in [1.82, 2.24) is 5.32 Å². The number of halogens is 1. The largest absolute Gasteiger partial charge is 0.486 e. The van der Waals surface area contributed by atoms with Gasteiger partial charge in [0.15, 0.2) is 17.3 Å². The molecule has 1 N–H and O–H groups in total. The molecule has 1 heterocycles. The summed E-state index contributed by atoms with van der Waals surface area (Å²) in [6.07, 6.45) is 0. The molecule has 0 aliphatic carbocycles. The van der Waals surface area contributed by atoms with Gasteiger partial charge in [-0.3, -0.25) is 4.79 Å². The van der Waals surface area contributed by atoms with Gasteiger partial charge >= 0.3 is 0 Å². The molecule has 0 aromatic heterocycles. The zero-order chi connectivity index (χ0) is 14.0. The first-order valence-corrected chi connectivity index (χ1v) is 6.73. The number of Topliss-reactive ketones (excluding diaryl/α,β-unsaturated/α-hetero) is 1. The van der Waals surface area contributed by atoms with Gasteiger partial charge in [0.25, 0.3) is 0 Å². The fourth-order valence-electron chi connectivity index (χ4n) is 2.21. The van der Waals surface area contributed by atoms with E-state index in [0.29, 0.717) is 35.3 Å². The Hall–Kier alpha value is -1.26. The summed E-state index contributed by atoms with van der Waals surface area (Å²) in [7, 11) is 1.74. The van der Waals surface area contributed by atoms with Gasteiger partial charge in [-0.25, -0.2) is 0 Å². The van der Waals surface area contributed by atoms with E-state index >= 15 is 0 Å². The summed E-state index contributed by atoms with van der Waals surface area (Å²) in [5, 5.41) is 3.36. The maximum absolute atomic E-state index is 12.2. The Morgan fingerprint density at radius 2 is 2.11 bits per heavy atom. The molecule has 0 atom stereocenters. The van der Waals surface area contributed by atoms with E-state index in [1.807, 2.05) is 13.8 Å². The standard InChI is InChI=1S/C14H18ClNO3/c1-8(2)12-9(10(17)7-16-3)6-11-14(13(12)15)19-5-4-18-11/h6,8,16H,4-5,7H2,1-3H3. The van der Waals surface area contributed by atoms with Gasteiger partial charge in [-0.1, -0.05) is 25.4 Å². The molecule has 19 heavy (non-hydrogen) atoms. The van der Waals surface area contributed by atoms with Gasteiger partial charge in [-0.05, 0) is 24.6 Å². The first kappa shape index (κ1) is 14.2. The highest BCUT2D eigenvalue weighted by Gasteiger charge is 2.25. The highest BCUT2D eigenvalue weighted by atomic mass is 35.5. The van der Waals surface area contributed by atoms with Crippen molar-refractivity contribution < 1.29 is 14.3 Å². The minimum Gasteiger partial charge on any atom is -0.486 e. The number of ether oxygens (including phenoxy) is 2. The van der Waals surface area contributed by atoms with Crippen molar-refractivity contribution >= 4 is 17.4 Å². The topological polar surface area (TPSA) is 47.6 Å². The summed E-state index contributed by atoms with van der Waals surface area (Å²) in [5.41, 5.74) is 1.43. The molecule has 0 unspecified atom stereocenters. The molecule has 0 amide bonds. The summed E-state index contributed by atoms with van der Waals surface area (Å²) in [5.74, 6) is 1.25. The number of nitrogens with one attached hydrogen (secondary N) is 1. The minimum absolute atomic E-state index is 0.00470. The molecule has 5 heteroatoms. The van der Waals surface area contributed by atoms with Gasteiger partial charge in [-0.2, -0.15) is 0 Å². The maximum atomic E-state index is 12.2. The lowest BCUT2D eigenvalue weighted by molar-refractivity contribution is 0.0991. The Bertz CT molecular complexity index is 500. The van der Waals surface area contributed by atoms with Gasteiger partial charge in [0.2, 0.25) is 0 Å². The predicted octanol–water partition coefficient (Wildman–Crippen LogP) is 2.64.